The monoisotopic (exact) mass is 892 g/mol. The number of Topliss-reactive ketones (excluding diaryl/α,β-unsaturated/α-hetero) is 1. The molecule has 15 heteroatoms. The highest BCUT2D eigenvalue weighted by atomic mass is 35.5. The van der Waals surface area contributed by atoms with E-state index >= 15 is 0 Å². The van der Waals surface area contributed by atoms with Crippen LogP contribution in [0.1, 0.15) is 99.3 Å². The number of halogens is 1. The van der Waals surface area contributed by atoms with E-state index in [-0.39, 0.29) is 24.3 Å². The standard InChI is InChI=1S/C48H53ClN6O7S/c1-30-31(2)63-48-44(30)45(34-9-11-35(49)12-10-34)51-42(46-53-52-32(3)55(46)48)28-43(57)50-36-13-19-39(20-14-36)62-27-26-61-25-24-60-23-22-59-21-5-7-33-6-4-8-40-41(33)29-54(47(40)58)37-15-17-38(56)18-16-37/h4,6,8-14,19-20,37,42H,5,7,15-18,21-29H2,1-3H3,(H,50,57)/t42-/m0/s1. The van der Waals surface area contributed by atoms with E-state index in [1.54, 1.807) is 11.3 Å². The van der Waals surface area contributed by atoms with E-state index in [0.29, 0.717) is 93.7 Å². The minimum Gasteiger partial charge on any atom is -0.491 e. The molecule has 13 nitrogen and oxygen atoms in total. The van der Waals surface area contributed by atoms with Crippen LogP contribution >= 0.6 is 22.9 Å². The number of hydrogen-bond acceptors (Lipinski definition) is 11. The molecule has 0 unspecified atom stereocenters. The zero-order chi connectivity index (χ0) is 43.9. The maximum atomic E-state index is 13.5. The van der Waals surface area contributed by atoms with Gasteiger partial charge in [-0.3, -0.25) is 23.9 Å². The van der Waals surface area contributed by atoms with Crippen molar-refractivity contribution in [2.75, 3.05) is 51.6 Å². The lowest BCUT2D eigenvalue weighted by Gasteiger charge is -2.30. The van der Waals surface area contributed by atoms with Gasteiger partial charge in [0, 0.05) is 64.3 Å². The lowest BCUT2D eigenvalue weighted by molar-refractivity contribution is -0.121. The van der Waals surface area contributed by atoms with E-state index < -0.39 is 6.04 Å². The minimum atomic E-state index is -0.570. The largest absolute Gasteiger partial charge is 0.491 e. The fourth-order valence-corrected chi connectivity index (χ4v) is 9.80. The normalized spacial score (nSPS) is 16.1. The molecule has 330 valence electrons. The zero-order valence-electron chi connectivity index (χ0n) is 36.0. The Bertz CT molecular complexity index is 2460. The molecule has 0 bridgehead atoms. The van der Waals surface area contributed by atoms with Gasteiger partial charge in [-0.2, -0.15) is 0 Å². The van der Waals surface area contributed by atoms with Crippen LogP contribution in [0.2, 0.25) is 5.02 Å². The molecule has 1 atom stereocenters. The number of rotatable bonds is 19. The average molecular weight is 894 g/mol. The Labute approximate surface area is 376 Å². The fraction of sp³-hybridized carbons (Fsp3) is 0.417. The van der Waals surface area contributed by atoms with Crippen LogP contribution in [0.25, 0.3) is 5.00 Å². The third kappa shape index (κ3) is 10.4. The number of hydrogen-bond donors (Lipinski definition) is 1. The molecule has 0 spiro atoms. The average Bonchev–Trinajstić information content (AvgIpc) is 3.90. The summed E-state index contributed by atoms with van der Waals surface area (Å²) < 4.78 is 25.0. The number of carbonyl (C=O) groups is 3. The van der Waals surface area contributed by atoms with Gasteiger partial charge in [-0.25, -0.2) is 0 Å². The van der Waals surface area contributed by atoms with Crippen molar-refractivity contribution in [1.29, 1.82) is 0 Å². The first kappa shape index (κ1) is 44.4. The molecule has 2 aromatic heterocycles. The number of ether oxygens (including phenoxy) is 4. The number of aliphatic imine (C=N–C) groups is 1. The highest BCUT2D eigenvalue weighted by Gasteiger charge is 2.36. The summed E-state index contributed by atoms with van der Waals surface area (Å²) in [5.74, 6) is 2.23. The Kier molecular flexibility index (Phi) is 14.4. The van der Waals surface area contributed by atoms with Crippen LogP contribution in [0.3, 0.4) is 0 Å². The highest BCUT2D eigenvalue weighted by Crippen LogP contribution is 2.40. The Morgan fingerprint density at radius 3 is 2.29 bits per heavy atom. The topological polar surface area (TPSA) is 146 Å². The number of thiophene rings is 1. The van der Waals surface area contributed by atoms with Gasteiger partial charge in [-0.1, -0.05) is 35.9 Å². The van der Waals surface area contributed by atoms with Crippen LogP contribution in [-0.2, 0) is 36.8 Å². The van der Waals surface area contributed by atoms with Crippen LogP contribution in [0.15, 0.2) is 71.7 Å². The summed E-state index contributed by atoms with van der Waals surface area (Å²) in [6.45, 7) is 10.0. The van der Waals surface area contributed by atoms with Crippen molar-refractivity contribution in [2.45, 2.75) is 84.3 Å². The zero-order valence-corrected chi connectivity index (χ0v) is 37.6. The SMILES string of the molecule is Cc1sc2c(c1C)C(c1ccc(Cl)cc1)=N[C@@H](CC(=O)Nc1ccc(OCCOCCOCCOCCCc3cccc4c3CN(C3CCC(=O)CC3)C4=O)cc1)c1nnc(C)n1-2. The molecular formula is C48H53ClN6O7S. The summed E-state index contributed by atoms with van der Waals surface area (Å²) in [6.07, 6.45) is 4.45. The molecule has 63 heavy (non-hydrogen) atoms. The number of fused-ring (bicyclic) bond motifs is 4. The summed E-state index contributed by atoms with van der Waals surface area (Å²) in [5, 5.41) is 13.5. The second-order valence-electron chi connectivity index (χ2n) is 16.1. The Balaban J connectivity index is 0.712. The van der Waals surface area contributed by atoms with Crippen molar-refractivity contribution in [1.82, 2.24) is 19.7 Å². The van der Waals surface area contributed by atoms with E-state index in [4.69, 9.17) is 35.5 Å². The van der Waals surface area contributed by atoms with Gasteiger partial charge >= 0.3 is 0 Å². The lowest BCUT2D eigenvalue weighted by atomic mass is 9.93. The Morgan fingerprint density at radius 2 is 1.56 bits per heavy atom. The van der Waals surface area contributed by atoms with Gasteiger partial charge in [-0.05, 0) is 106 Å². The Hall–Kier alpha value is -5.25. The predicted molar refractivity (Wildman–Crippen MR) is 243 cm³/mol. The van der Waals surface area contributed by atoms with Crippen molar-refractivity contribution >= 4 is 51.9 Å². The summed E-state index contributed by atoms with van der Waals surface area (Å²) >= 11 is 7.92. The van der Waals surface area contributed by atoms with E-state index in [1.807, 2.05) is 77.1 Å². The summed E-state index contributed by atoms with van der Waals surface area (Å²) in [4.78, 5) is 46.7. The molecule has 8 rings (SSSR count). The van der Waals surface area contributed by atoms with Gasteiger partial charge in [0.25, 0.3) is 5.91 Å². The van der Waals surface area contributed by atoms with Gasteiger partial charge in [0.15, 0.2) is 5.82 Å². The van der Waals surface area contributed by atoms with Gasteiger partial charge in [0.2, 0.25) is 5.91 Å². The Morgan fingerprint density at radius 1 is 0.857 bits per heavy atom. The first-order valence-corrected chi connectivity index (χ1v) is 22.9. The highest BCUT2D eigenvalue weighted by molar-refractivity contribution is 7.15. The smallest absolute Gasteiger partial charge is 0.254 e. The molecule has 1 fully saturated rings. The number of ketones is 1. The predicted octanol–water partition coefficient (Wildman–Crippen LogP) is 8.36. The molecule has 3 aliphatic rings. The molecule has 2 aliphatic heterocycles. The van der Waals surface area contributed by atoms with Gasteiger partial charge < -0.3 is 29.2 Å². The van der Waals surface area contributed by atoms with Gasteiger partial charge in [0.05, 0.1) is 45.2 Å². The summed E-state index contributed by atoms with van der Waals surface area (Å²) in [5.41, 5.74) is 7.63. The third-order valence-corrected chi connectivity index (χ3v) is 13.3. The van der Waals surface area contributed by atoms with Crippen LogP contribution < -0.4 is 10.1 Å². The molecule has 5 aromatic rings. The molecular weight excluding hydrogens is 840 g/mol. The van der Waals surface area contributed by atoms with Gasteiger partial charge in [-0.15, -0.1) is 21.5 Å². The molecule has 4 heterocycles. The van der Waals surface area contributed by atoms with Crippen molar-refractivity contribution in [3.8, 4) is 10.8 Å². The third-order valence-electron chi connectivity index (χ3n) is 11.9. The number of nitrogens with zero attached hydrogens (tertiary/aromatic N) is 5. The number of carbonyl (C=O) groups excluding carboxylic acids is 3. The van der Waals surface area contributed by atoms with Crippen LogP contribution in [0.4, 0.5) is 5.69 Å². The fourth-order valence-electron chi connectivity index (χ4n) is 8.46. The van der Waals surface area contributed by atoms with Crippen molar-refractivity contribution < 1.29 is 33.3 Å². The maximum absolute atomic E-state index is 13.5. The summed E-state index contributed by atoms with van der Waals surface area (Å²) in [6, 6.07) is 20.5. The van der Waals surface area contributed by atoms with Crippen molar-refractivity contribution in [3.63, 3.8) is 0 Å². The number of aromatic nitrogens is 3. The number of anilines is 1. The van der Waals surface area contributed by atoms with E-state index in [1.165, 1.54) is 10.4 Å². The van der Waals surface area contributed by atoms with Gasteiger partial charge in [0.1, 0.15) is 35.0 Å². The number of nitrogens with one attached hydrogen (secondary N) is 1. The maximum Gasteiger partial charge on any atom is 0.254 e. The first-order valence-electron chi connectivity index (χ1n) is 21.7. The van der Waals surface area contributed by atoms with E-state index in [0.717, 1.165) is 70.0 Å². The number of benzene rings is 3. The quantitative estimate of drug-likeness (QED) is 0.0809. The summed E-state index contributed by atoms with van der Waals surface area (Å²) in [7, 11) is 0. The number of aryl methyl sites for hydroxylation is 3. The second-order valence-corrected chi connectivity index (χ2v) is 17.8. The van der Waals surface area contributed by atoms with E-state index in [2.05, 4.69) is 35.4 Å². The van der Waals surface area contributed by atoms with Crippen molar-refractivity contribution in [2.24, 2.45) is 4.99 Å². The van der Waals surface area contributed by atoms with Crippen molar-refractivity contribution in [3.05, 3.63) is 122 Å². The molecule has 1 N–H and O–H groups in total. The molecule has 2 amide bonds. The van der Waals surface area contributed by atoms with E-state index in [9.17, 15) is 14.4 Å². The lowest BCUT2D eigenvalue weighted by Crippen LogP contribution is -2.38. The molecule has 0 saturated heterocycles. The molecule has 1 saturated carbocycles. The van der Waals surface area contributed by atoms with Crippen LogP contribution in [-0.4, -0.2) is 95.3 Å². The molecule has 1 aliphatic carbocycles. The number of amides is 2. The molecule has 3 aromatic carbocycles. The molecule has 0 radical (unpaired) electrons. The first-order chi connectivity index (χ1) is 30.6. The van der Waals surface area contributed by atoms with Crippen LogP contribution in [0, 0.1) is 20.8 Å². The van der Waals surface area contributed by atoms with Crippen LogP contribution in [0.5, 0.6) is 5.75 Å². The second kappa shape index (κ2) is 20.5. The minimum absolute atomic E-state index is 0.0715.